The maximum Gasteiger partial charge on any atom is 0.119 e. The topological polar surface area (TPSA) is 32.7 Å². The molecule has 3 heteroatoms. The van der Waals surface area contributed by atoms with Crippen molar-refractivity contribution in [3.63, 3.8) is 0 Å². The second-order valence-electron chi connectivity index (χ2n) is 4.36. The van der Waals surface area contributed by atoms with Gasteiger partial charge in [0, 0.05) is 19.1 Å². The maximum absolute atomic E-state index is 9.02. The highest BCUT2D eigenvalue weighted by Gasteiger charge is 2.09. The highest BCUT2D eigenvalue weighted by molar-refractivity contribution is 5.27. The van der Waals surface area contributed by atoms with Gasteiger partial charge in [-0.2, -0.15) is 0 Å². The summed E-state index contributed by atoms with van der Waals surface area (Å²) in [6.07, 6.45) is 0. The van der Waals surface area contributed by atoms with Gasteiger partial charge in [-0.15, -0.1) is 0 Å². The summed E-state index contributed by atoms with van der Waals surface area (Å²) in [4.78, 5) is 2.25. The summed E-state index contributed by atoms with van der Waals surface area (Å²) >= 11 is 0. The van der Waals surface area contributed by atoms with Crippen LogP contribution < -0.4 is 4.74 Å². The van der Waals surface area contributed by atoms with E-state index in [1.807, 2.05) is 19.1 Å². The van der Waals surface area contributed by atoms with Gasteiger partial charge in [0.1, 0.15) is 5.75 Å². The minimum atomic E-state index is 0.204. The molecule has 0 atom stereocenters. The van der Waals surface area contributed by atoms with Gasteiger partial charge < -0.3 is 9.84 Å². The van der Waals surface area contributed by atoms with E-state index in [1.54, 1.807) is 0 Å². The van der Waals surface area contributed by atoms with E-state index >= 15 is 0 Å². The van der Waals surface area contributed by atoms with Crippen LogP contribution in [0.4, 0.5) is 0 Å². The molecule has 0 aliphatic carbocycles. The summed E-state index contributed by atoms with van der Waals surface area (Å²) in [5, 5.41) is 9.02. The van der Waals surface area contributed by atoms with Gasteiger partial charge in [0.15, 0.2) is 0 Å². The summed E-state index contributed by atoms with van der Waals surface area (Å²) < 4.78 is 5.41. The number of aliphatic hydroxyl groups excluding tert-OH is 1. The molecule has 0 heterocycles. The molecular weight excluding hydrogens is 214 g/mol. The van der Waals surface area contributed by atoms with Crippen LogP contribution in [0.5, 0.6) is 5.75 Å². The second kappa shape index (κ2) is 7.30. The molecule has 0 aromatic heterocycles. The maximum atomic E-state index is 9.02. The number of ether oxygens (including phenoxy) is 1. The highest BCUT2D eigenvalue weighted by atomic mass is 16.5. The van der Waals surface area contributed by atoms with E-state index in [1.165, 1.54) is 5.56 Å². The van der Waals surface area contributed by atoms with Crippen molar-refractivity contribution in [3.8, 4) is 5.75 Å². The van der Waals surface area contributed by atoms with Crippen LogP contribution in [0, 0.1) is 0 Å². The fourth-order valence-electron chi connectivity index (χ4n) is 1.74. The Hall–Kier alpha value is -1.06. The molecule has 0 bridgehead atoms. The molecule has 0 amide bonds. The number of aliphatic hydroxyl groups is 1. The standard InChI is InChI=1S/C14H23NO2/c1-4-17-14-7-5-13(6-8-14)11-15(9-10-16)12(2)3/h5-8,12,16H,4,9-11H2,1-3H3. The Kier molecular flexibility index (Phi) is 6.01. The Labute approximate surface area is 104 Å². The molecule has 3 nitrogen and oxygen atoms in total. The zero-order valence-electron chi connectivity index (χ0n) is 11.0. The Morgan fingerprint density at radius 2 is 1.88 bits per heavy atom. The van der Waals surface area contributed by atoms with Crippen LogP contribution in [-0.2, 0) is 6.54 Å². The first-order valence-corrected chi connectivity index (χ1v) is 6.24. The molecule has 0 saturated carbocycles. The van der Waals surface area contributed by atoms with Gasteiger partial charge >= 0.3 is 0 Å². The molecule has 0 saturated heterocycles. The molecule has 0 unspecified atom stereocenters. The van der Waals surface area contributed by atoms with Gasteiger partial charge in [-0.1, -0.05) is 12.1 Å². The van der Waals surface area contributed by atoms with Crippen molar-refractivity contribution in [2.24, 2.45) is 0 Å². The normalized spacial score (nSPS) is 11.2. The van der Waals surface area contributed by atoms with Crippen molar-refractivity contribution in [2.45, 2.75) is 33.4 Å². The van der Waals surface area contributed by atoms with Gasteiger partial charge in [0.25, 0.3) is 0 Å². The summed E-state index contributed by atoms with van der Waals surface area (Å²) in [6, 6.07) is 8.59. The Morgan fingerprint density at radius 1 is 1.24 bits per heavy atom. The van der Waals surface area contributed by atoms with E-state index in [2.05, 4.69) is 30.9 Å². The fourth-order valence-corrected chi connectivity index (χ4v) is 1.74. The fraction of sp³-hybridized carbons (Fsp3) is 0.571. The molecule has 0 radical (unpaired) electrons. The van der Waals surface area contributed by atoms with E-state index in [-0.39, 0.29) is 6.61 Å². The van der Waals surface area contributed by atoms with Crippen LogP contribution in [0.15, 0.2) is 24.3 Å². The molecule has 0 aliphatic heterocycles. The van der Waals surface area contributed by atoms with Gasteiger partial charge in [0.2, 0.25) is 0 Å². The Morgan fingerprint density at radius 3 is 2.35 bits per heavy atom. The van der Waals surface area contributed by atoms with Crippen LogP contribution in [0.1, 0.15) is 26.3 Å². The molecule has 1 aromatic rings. The molecule has 96 valence electrons. The lowest BCUT2D eigenvalue weighted by Crippen LogP contribution is -2.32. The van der Waals surface area contributed by atoms with Gasteiger partial charge in [-0.3, -0.25) is 4.90 Å². The average Bonchev–Trinajstić information content (AvgIpc) is 2.31. The Bertz CT molecular complexity index is 309. The van der Waals surface area contributed by atoms with E-state index in [0.717, 1.165) is 12.3 Å². The van der Waals surface area contributed by atoms with Crippen molar-refractivity contribution in [2.75, 3.05) is 19.8 Å². The lowest BCUT2D eigenvalue weighted by atomic mass is 10.2. The molecule has 1 N–H and O–H groups in total. The summed E-state index contributed by atoms with van der Waals surface area (Å²) in [6.45, 7) is 8.75. The summed E-state index contributed by atoms with van der Waals surface area (Å²) in [5.41, 5.74) is 1.25. The van der Waals surface area contributed by atoms with Gasteiger partial charge in [-0.05, 0) is 38.5 Å². The third-order valence-electron chi connectivity index (χ3n) is 2.74. The summed E-state index contributed by atoms with van der Waals surface area (Å²) in [5.74, 6) is 0.912. The quantitative estimate of drug-likeness (QED) is 0.789. The SMILES string of the molecule is CCOc1ccc(CN(CCO)C(C)C)cc1. The van der Waals surface area contributed by atoms with E-state index < -0.39 is 0 Å². The van der Waals surface area contributed by atoms with Crippen LogP contribution in [0.3, 0.4) is 0 Å². The predicted molar refractivity (Wildman–Crippen MR) is 70.2 cm³/mol. The smallest absolute Gasteiger partial charge is 0.119 e. The molecule has 1 aromatic carbocycles. The first-order valence-electron chi connectivity index (χ1n) is 6.24. The van der Waals surface area contributed by atoms with E-state index in [0.29, 0.717) is 19.2 Å². The predicted octanol–water partition coefficient (Wildman–Crippen LogP) is 2.29. The van der Waals surface area contributed by atoms with Gasteiger partial charge in [-0.25, -0.2) is 0 Å². The second-order valence-corrected chi connectivity index (χ2v) is 4.36. The van der Waals surface area contributed by atoms with Crippen molar-refractivity contribution in [3.05, 3.63) is 29.8 Å². The van der Waals surface area contributed by atoms with E-state index in [9.17, 15) is 0 Å². The summed E-state index contributed by atoms with van der Waals surface area (Å²) in [7, 11) is 0. The van der Waals surface area contributed by atoms with Crippen LogP contribution >= 0.6 is 0 Å². The van der Waals surface area contributed by atoms with Crippen molar-refractivity contribution >= 4 is 0 Å². The number of nitrogens with zero attached hydrogens (tertiary/aromatic N) is 1. The first-order chi connectivity index (χ1) is 8.17. The molecule has 1 rings (SSSR count). The lowest BCUT2D eigenvalue weighted by molar-refractivity contribution is 0.159. The van der Waals surface area contributed by atoms with Gasteiger partial charge in [0.05, 0.1) is 13.2 Å². The number of benzene rings is 1. The number of hydrogen-bond acceptors (Lipinski definition) is 3. The highest BCUT2D eigenvalue weighted by Crippen LogP contribution is 2.14. The Balaban J connectivity index is 2.60. The minimum Gasteiger partial charge on any atom is -0.494 e. The lowest BCUT2D eigenvalue weighted by Gasteiger charge is -2.25. The average molecular weight is 237 g/mol. The monoisotopic (exact) mass is 237 g/mol. The largest absolute Gasteiger partial charge is 0.494 e. The first kappa shape index (κ1) is 14.0. The van der Waals surface area contributed by atoms with Crippen molar-refractivity contribution in [1.29, 1.82) is 0 Å². The zero-order chi connectivity index (χ0) is 12.7. The van der Waals surface area contributed by atoms with E-state index in [4.69, 9.17) is 9.84 Å². The van der Waals surface area contributed by atoms with Crippen LogP contribution in [-0.4, -0.2) is 35.8 Å². The van der Waals surface area contributed by atoms with Crippen molar-refractivity contribution < 1.29 is 9.84 Å². The van der Waals surface area contributed by atoms with Crippen LogP contribution in [0.25, 0.3) is 0 Å². The molecular formula is C14H23NO2. The molecule has 0 spiro atoms. The third kappa shape index (κ3) is 4.75. The van der Waals surface area contributed by atoms with Crippen molar-refractivity contribution in [1.82, 2.24) is 4.90 Å². The number of hydrogen-bond donors (Lipinski definition) is 1. The molecule has 0 fully saturated rings. The zero-order valence-corrected chi connectivity index (χ0v) is 11.0. The number of rotatable bonds is 7. The molecule has 17 heavy (non-hydrogen) atoms. The third-order valence-corrected chi connectivity index (χ3v) is 2.74. The van der Waals surface area contributed by atoms with Crippen LogP contribution in [0.2, 0.25) is 0 Å². The molecule has 0 aliphatic rings. The minimum absolute atomic E-state index is 0.204.